The zero-order chi connectivity index (χ0) is 7.11. The minimum absolute atomic E-state index is 0.702. The van der Waals surface area contributed by atoms with E-state index in [2.05, 4.69) is 6.58 Å². The molecule has 0 N–H and O–H groups in total. The van der Waals surface area contributed by atoms with E-state index in [1.807, 2.05) is 6.92 Å². The molecule has 0 radical (unpaired) electrons. The summed E-state index contributed by atoms with van der Waals surface area (Å²) in [7, 11) is 0. The predicted molar refractivity (Wildman–Crippen MR) is 37.8 cm³/mol. The quantitative estimate of drug-likeness (QED) is 0.408. The maximum absolute atomic E-state index is 10.1. The van der Waals surface area contributed by atoms with Crippen LogP contribution in [0.1, 0.15) is 6.92 Å². The lowest BCUT2D eigenvalue weighted by Crippen LogP contribution is -2.12. The number of carbonyl (C=O) groups excluding carboxylic acids is 1. The van der Waals surface area contributed by atoms with E-state index in [0.29, 0.717) is 6.54 Å². The number of allylic oxidation sites excluding steroid dienone is 2. The molecular formula is C7H11NO. The molecular weight excluding hydrogens is 114 g/mol. The van der Waals surface area contributed by atoms with Gasteiger partial charge in [-0.15, -0.1) is 0 Å². The van der Waals surface area contributed by atoms with Crippen molar-refractivity contribution in [2.75, 3.05) is 6.54 Å². The molecule has 2 nitrogen and oxygen atoms in total. The molecule has 50 valence electrons. The van der Waals surface area contributed by atoms with Crippen molar-refractivity contribution in [1.82, 2.24) is 4.90 Å². The Morgan fingerprint density at radius 3 is 2.67 bits per heavy atom. The Morgan fingerprint density at radius 1 is 1.67 bits per heavy atom. The summed E-state index contributed by atoms with van der Waals surface area (Å²) in [5.74, 6) is 0. The molecule has 0 aromatic rings. The van der Waals surface area contributed by atoms with Gasteiger partial charge in [0, 0.05) is 12.7 Å². The average molecular weight is 125 g/mol. The van der Waals surface area contributed by atoms with Gasteiger partial charge in [-0.05, 0) is 13.0 Å². The first-order valence-electron chi connectivity index (χ1n) is 2.85. The first-order chi connectivity index (χ1) is 4.35. The Kier molecular flexibility index (Phi) is 4.50. The molecule has 2 heteroatoms. The van der Waals surface area contributed by atoms with E-state index in [-0.39, 0.29) is 0 Å². The van der Waals surface area contributed by atoms with Crippen LogP contribution in [0, 0.1) is 0 Å². The van der Waals surface area contributed by atoms with E-state index in [1.54, 1.807) is 18.4 Å². The van der Waals surface area contributed by atoms with Crippen LogP contribution in [0.3, 0.4) is 0 Å². The lowest BCUT2D eigenvalue weighted by Gasteiger charge is -2.05. The van der Waals surface area contributed by atoms with Crippen LogP contribution in [0.2, 0.25) is 0 Å². The molecule has 0 aliphatic rings. The molecule has 0 aromatic carbocycles. The maximum atomic E-state index is 10.1. The highest BCUT2D eigenvalue weighted by Gasteiger charge is 1.85. The normalized spacial score (nSPS) is 9.44. The lowest BCUT2D eigenvalue weighted by atomic mass is 10.5. The minimum atomic E-state index is 0.702. The van der Waals surface area contributed by atoms with E-state index in [0.717, 1.165) is 6.41 Å². The highest BCUT2D eigenvalue weighted by molar-refractivity contribution is 5.48. The topological polar surface area (TPSA) is 20.3 Å². The maximum Gasteiger partial charge on any atom is 0.213 e. The molecule has 0 fully saturated rings. The van der Waals surface area contributed by atoms with Gasteiger partial charge in [0.25, 0.3) is 0 Å². The smallest absolute Gasteiger partial charge is 0.213 e. The fourth-order valence-electron chi connectivity index (χ4n) is 0.386. The van der Waals surface area contributed by atoms with Crippen molar-refractivity contribution in [2.45, 2.75) is 6.92 Å². The number of rotatable bonds is 4. The first-order valence-corrected chi connectivity index (χ1v) is 2.85. The summed E-state index contributed by atoms with van der Waals surface area (Å²) in [6, 6.07) is 0. The zero-order valence-corrected chi connectivity index (χ0v) is 5.58. The number of nitrogens with zero attached hydrogens (tertiary/aromatic N) is 1. The second-order valence-corrected chi connectivity index (χ2v) is 1.51. The Morgan fingerprint density at radius 2 is 2.33 bits per heavy atom. The van der Waals surface area contributed by atoms with E-state index in [4.69, 9.17) is 0 Å². The van der Waals surface area contributed by atoms with Crippen LogP contribution in [0.5, 0.6) is 0 Å². The van der Waals surface area contributed by atoms with Gasteiger partial charge in [0.1, 0.15) is 0 Å². The second-order valence-electron chi connectivity index (χ2n) is 1.51. The molecule has 0 saturated heterocycles. The van der Waals surface area contributed by atoms with Crippen molar-refractivity contribution in [3.8, 4) is 0 Å². The molecule has 0 bridgehead atoms. The van der Waals surface area contributed by atoms with Crippen molar-refractivity contribution >= 4 is 6.41 Å². The monoisotopic (exact) mass is 125 g/mol. The fourth-order valence-corrected chi connectivity index (χ4v) is 0.386. The third-order valence-corrected chi connectivity index (χ3v) is 0.914. The molecule has 0 unspecified atom stereocenters. The van der Waals surface area contributed by atoms with Crippen LogP contribution in [0.25, 0.3) is 0 Å². The zero-order valence-electron chi connectivity index (χ0n) is 5.58. The SMILES string of the molecule is C=C/C=C/N(C=O)CC. The van der Waals surface area contributed by atoms with E-state index in [1.165, 1.54) is 4.90 Å². The predicted octanol–water partition coefficient (Wildman–Crippen LogP) is 1.16. The molecule has 0 spiro atoms. The number of hydrogen-bond donors (Lipinski definition) is 0. The van der Waals surface area contributed by atoms with Crippen LogP contribution in [0.4, 0.5) is 0 Å². The van der Waals surface area contributed by atoms with E-state index < -0.39 is 0 Å². The Balaban J connectivity index is 3.66. The van der Waals surface area contributed by atoms with E-state index >= 15 is 0 Å². The summed E-state index contributed by atoms with van der Waals surface area (Å²) < 4.78 is 0. The van der Waals surface area contributed by atoms with Gasteiger partial charge >= 0.3 is 0 Å². The summed E-state index contributed by atoms with van der Waals surface area (Å²) in [5, 5.41) is 0. The Labute approximate surface area is 55.5 Å². The summed E-state index contributed by atoms with van der Waals surface area (Å²) in [6.45, 7) is 6.08. The van der Waals surface area contributed by atoms with Crippen molar-refractivity contribution in [3.05, 3.63) is 24.9 Å². The Bertz CT molecular complexity index is 118. The molecule has 0 aliphatic heterocycles. The van der Waals surface area contributed by atoms with Gasteiger partial charge in [-0.2, -0.15) is 0 Å². The third-order valence-electron chi connectivity index (χ3n) is 0.914. The van der Waals surface area contributed by atoms with Gasteiger partial charge in [0.2, 0.25) is 6.41 Å². The molecule has 0 aliphatic carbocycles. The van der Waals surface area contributed by atoms with Crippen molar-refractivity contribution in [2.24, 2.45) is 0 Å². The molecule has 0 saturated carbocycles. The number of carbonyl (C=O) groups is 1. The summed E-state index contributed by atoms with van der Waals surface area (Å²) in [6.07, 6.45) is 5.81. The summed E-state index contributed by atoms with van der Waals surface area (Å²) in [4.78, 5) is 11.6. The summed E-state index contributed by atoms with van der Waals surface area (Å²) in [5.41, 5.74) is 0. The van der Waals surface area contributed by atoms with Gasteiger partial charge in [-0.1, -0.05) is 12.7 Å². The largest absolute Gasteiger partial charge is 0.322 e. The number of hydrogen-bond acceptors (Lipinski definition) is 1. The van der Waals surface area contributed by atoms with Crippen LogP contribution in [-0.4, -0.2) is 17.9 Å². The van der Waals surface area contributed by atoms with Gasteiger partial charge in [-0.25, -0.2) is 0 Å². The molecule has 9 heavy (non-hydrogen) atoms. The van der Waals surface area contributed by atoms with Gasteiger partial charge in [0.05, 0.1) is 0 Å². The lowest BCUT2D eigenvalue weighted by molar-refractivity contribution is -0.115. The molecule has 0 aromatic heterocycles. The second kappa shape index (κ2) is 5.09. The van der Waals surface area contributed by atoms with Crippen molar-refractivity contribution < 1.29 is 4.79 Å². The molecule has 0 heterocycles. The van der Waals surface area contributed by atoms with E-state index in [9.17, 15) is 4.79 Å². The third kappa shape index (κ3) is 3.53. The minimum Gasteiger partial charge on any atom is -0.322 e. The molecule has 1 amide bonds. The van der Waals surface area contributed by atoms with Crippen LogP contribution in [0.15, 0.2) is 24.9 Å². The Hall–Kier alpha value is -1.05. The van der Waals surface area contributed by atoms with Crippen LogP contribution in [-0.2, 0) is 4.79 Å². The first kappa shape index (κ1) is 7.95. The fraction of sp³-hybridized carbons (Fsp3) is 0.286. The van der Waals surface area contributed by atoms with Gasteiger partial charge in [-0.3, -0.25) is 4.79 Å². The average Bonchev–Trinajstić information content (AvgIpc) is 1.91. The van der Waals surface area contributed by atoms with Gasteiger partial charge < -0.3 is 4.90 Å². The van der Waals surface area contributed by atoms with Crippen molar-refractivity contribution in [1.29, 1.82) is 0 Å². The highest BCUT2D eigenvalue weighted by atomic mass is 16.1. The van der Waals surface area contributed by atoms with Crippen LogP contribution >= 0.6 is 0 Å². The van der Waals surface area contributed by atoms with Crippen LogP contribution < -0.4 is 0 Å². The van der Waals surface area contributed by atoms with Crippen molar-refractivity contribution in [3.63, 3.8) is 0 Å². The molecule has 0 rings (SSSR count). The molecule has 0 atom stereocenters. The standard InChI is InChI=1S/C7H11NO/c1-3-5-6-8(4-2)7-9/h3,5-7H,1,4H2,2H3/b6-5+. The highest BCUT2D eigenvalue weighted by Crippen LogP contribution is 1.82. The van der Waals surface area contributed by atoms with Gasteiger partial charge in [0.15, 0.2) is 0 Å². The number of amides is 1. The summed E-state index contributed by atoms with van der Waals surface area (Å²) >= 11 is 0.